The summed E-state index contributed by atoms with van der Waals surface area (Å²) in [5, 5.41) is 7.16. The summed E-state index contributed by atoms with van der Waals surface area (Å²) in [5.74, 6) is 2.27. The number of aryl methyl sites for hydroxylation is 1. The normalized spacial score (nSPS) is 19.7. The molecule has 1 aliphatic heterocycles. The summed E-state index contributed by atoms with van der Waals surface area (Å²) in [6.07, 6.45) is 0.706. The van der Waals surface area contributed by atoms with Gasteiger partial charge in [0.2, 0.25) is 5.89 Å². The number of nitrogens with one attached hydrogen (secondary N) is 1. The highest BCUT2D eigenvalue weighted by atomic mass is 127. The number of aliphatic imine (C=N–C) groups is 1. The van der Waals surface area contributed by atoms with Crippen LogP contribution in [0, 0.1) is 12.3 Å². The molecule has 2 heterocycles. The summed E-state index contributed by atoms with van der Waals surface area (Å²) in [6, 6.07) is 0. The highest BCUT2D eigenvalue weighted by Crippen LogP contribution is 2.46. The first-order valence-corrected chi connectivity index (χ1v) is 7.05. The first-order valence-electron chi connectivity index (χ1n) is 7.05. The number of guanidine groups is 1. The van der Waals surface area contributed by atoms with Gasteiger partial charge in [-0.1, -0.05) is 19.0 Å². The van der Waals surface area contributed by atoms with Gasteiger partial charge in [0.25, 0.3) is 0 Å². The van der Waals surface area contributed by atoms with E-state index in [2.05, 4.69) is 53.0 Å². The van der Waals surface area contributed by atoms with Gasteiger partial charge in [0.1, 0.15) is 0 Å². The summed E-state index contributed by atoms with van der Waals surface area (Å²) in [6.45, 7) is 12.7. The molecular formula is C14H26IN5O. The lowest BCUT2D eigenvalue weighted by Crippen LogP contribution is -2.72. The molecule has 0 unspecified atom stereocenters. The minimum absolute atomic E-state index is 0. The standard InChI is InChI=1S/C14H25N5O.HI/c1-10-17-11(20-18-10)7-8-16-12(15-6)19-9-13(2,3)14(19,4)5;/h7-9H2,1-6H3,(H,15,16);1H. The van der Waals surface area contributed by atoms with E-state index in [0.717, 1.165) is 19.0 Å². The number of nitrogens with zero attached hydrogens (tertiary/aromatic N) is 4. The fraction of sp³-hybridized carbons (Fsp3) is 0.786. The molecule has 0 bridgehead atoms. The molecule has 6 nitrogen and oxygen atoms in total. The summed E-state index contributed by atoms with van der Waals surface area (Å²) in [5.41, 5.74) is 0.407. The van der Waals surface area contributed by atoms with Crippen LogP contribution in [0.25, 0.3) is 0 Å². The lowest BCUT2D eigenvalue weighted by Gasteiger charge is -2.62. The lowest BCUT2D eigenvalue weighted by atomic mass is 9.65. The maximum Gasteiger partial charge on any atom is 0.228 e. The molecule has 1 saturated heterocycles. The molecular weight excluding hydrogens is 381 g/mol. The van der Waals surface area contributed by atoms with E-state index in [1.165, 1.54) is 0 Å². The molecule has 120 valence electrons. The van der Waals surface area contributed by atoms with Crippen LogP contribution in [-0.2, 0) is 6.42 Å². The van der Waals surface area contributed by atoms with Crippen LogP contribution in [0.4, 0.5) is 0 Å². The Bertz CT molecular complexity index is 509. The Morgan fingerprint density at radius 2 is 2.05 bits per heavy atom. The SMILES string of the molecule is CN=C(NCCc1nc(C)no1)N1CC(C)(C)C1(C)C.I. The zero-order valence-electron chi connectivity index (χ0n) is 13.7. The number of hydrogen-bond acceptors (Lipinski definition) is 4. The second-order valence-corrected chi connectivity index (χ2v) is 6.49. The van der Waals surface area contributed by atoms with Crippen molar-refractivity contribution in [3.8, 4) is 0 Å². The number of halogens is 1. The van der Waals surface area contributed by atoms with Gasteiger partial charge in [0.05, 0.1) is 0 Å². The fourth-order valence-corrected chi connectivity index (χ4v) is 2.42. The molecule has 1 aromatic rings. The van der Waals surface area contributed by atoms with Gasteiger partial charge in [-0.3, -0.25) is 4.99 Å². The topological polar surface area (TPSA) is 66.5 Å². The Morgan fingerprint density at radius 3 is 2.48 bits per heavy atom. The average molecular weight is 407 g/mol. The molecule has 21 heavy (non-hydrogen) atoms. The smallest absolute Gasteiger partial charge is 0.228 e. The summed E-state index contributed by atoms with van der Waals surface area (Å²) in [7, 11) is 1.82. The number of likely N-dealkylation sites (tertiary alicyclic amines) is 1. The van der Waals surface area contributed by atoms with E-state index in [1.807, 2.05) is 14.0 Å². The molecule has 0 radical (unpaired) electrons. The first-order chi connectivity index (χ1) is 9.28. The number of hydrogen-bond donors (Lipinski definition) is 1. The quantitative estimate of drug-likeness (QED) is 0.473. The van der Waals surface area contributed by atoms with Crippen LogP contribution in [0.15, 0.2) is 9.52 Å². The van der Waals surface area contributed by atoms with Gasteiger partial charge in [0.15, 0.2) is 11.8 Å². The van der Waals surface area contributed by atoms with Crippen LogP contribution in [0.3, 0.4) is 0 Å². The predicted octanol–water partition coefficient (Wildman–Crippen LogP) is 2.23. The summed E-state index contributed by atoms with van der Waals surface area (Å²) < 4.78 is 5.10. The molecule has 1 aliphatic rings. The molecule has 1 N–H and O–H groups in total. The second-order valence-electron chi connectivity index (χ2n) is 6.49. The van der Waals surface area contributed by atoms with Crippen LogP contribution in [0.2, 0.25) is 0 Å². The van der Waals surface area contributed by atoms with Crippen molar-refractivity contribution in [2.75, 3.05) is 20.1 Å². The van der Waals surface area contributed by atoms with E-state index in [0.29, 0.717) is 23.6 Å². The van der Waals surface area contributed by atoms with Crippen molar-refractivity contribution < 1.29 is 4.52 Å². The van der Waals surface area contributed by atoms with Crippen molar-refractivity contribution in [1.82, 2.24) is 20.4 Å². The highest BCUT2D eigenvalue weighted by Gasteiger charge is 2.53. The third-order valence-corrected chi connectivity index (χ3v) is 4.54. The van der Waals surface area contributed by atoms with Crippen LogP contribution >= 0.6 is 24.0 Å². The molecule has 0 spiro atoms. The summed E-state index contributed by atoms with van der Waals surface area (Å²) >= 11 is 0. The van der Waals surface area contributed by atoms with Gasteiger partial charge in [-0.05, 0) is 20.8 Å². The lowest BCUT2D eigenvalue weighted by molar-refractivity contribution is -0.0667. The Balaban J connectivity index is 0.00000220. The molecule has 1 aromatic heterocycles. The third-order valence-electron chi connectivity index (χ3n) is 4.54. The van der Waals surface area contributed by atoms with Gasteiger partial charge >= 0.3 is 0 Å². The minimum Gasteiger partial charge on any atom is -0.356 e. The molecule has 2 rings (SSSR count). The molecule has 1 fully saturated rings. The summed E-state index contributed by atoms with van der Waals surface area (Å²) in [4.78, 5) is 10.9. The highest BCUT2D eigenvalue weighted by molar-refractivity contribution is 14.0. The van der Waals surface area contributed by atoms with Crippen molar-refractivity contribution in [3.05, 3.63) is 11.7 Å². The van der Waals surface area contributed by atoms with Crippen molar-refractivity contribution in [2.24, 2.45) is 10.4 Å². The first kappa shape index (κ1) is 18.2. The van der Waals surface area contributed by atoms with E-state index in [4.69, 9.17) is 4.52 Å². The van der Waals surface area contributed by atoms with E-state index < -0.39 is 0 Å². The monoisotopic (exact) mass is 407 g/mol. The maximum atomic E-state index is 5.10. The minimum atomic E-state index is 0. The van der Waals surface area contributed by atoms with E-state index in [-0.39, 0.29) is 29.5 Å². The van der Waals surface area contributed by atoms with Crippen LogP contribution in [0.1, 0.15) is 39.4 Å². The zero-order chi connectivity index (χ0) is 15.0. The average Bonchev–Trinajstić information content (AvgIpc) is 2.78. The second kappa shape index (κ2) is 6.50. The number of rotatable bonds is 3. The molecule has 7 heteroatoms. The van der Waals surface area contributed by atoms with Crippen LogP contribution in [0.5, 0.6) is 0 Å². The molecule has 0 atom stereocenters. The predicted molar refractivity (Wildman–Crippen MR) is 94.1 cm³/mol. The van der Waals surface area contributed by atoms with Crippen molar-refractivity contribution >= 4 is 29.9 Å². The third kappa shape index (κ3) is 3.49. The number of aromatic nitrogens is 2. The Kier molecular flexibility index (Phi) is 5.63. The van der Waals surface area contributed by atoms with Crippen molar-refractivity contribution in [3.63, 3.8) is 0 Å². The Hall–Kier alpha value is -0.860. The largest absolute Gasteiger partial charge is 0.356 e. The Morgan fingerprint density at radius 1 is 1.38 bits per heavy atom. The molecule has 0 aliphatic carbocycles. The van der Waals surface area contributed by atoms with E-state index in [1.54, 1.807) is 0 Å². The zero-order valence-corrected chi connectivity index (χ0v) is 16.1. The van der Waals surface area contributed by atoms with Crippen LogP contribution in [-0.4, -0.2) is 46.7 Å². The molecule has 0 aromatic carbocycles. The maximum absolute atomic E-state index is 5.10. The van der Waals surface area contributed by atoms with Gasteiger partial charge < -0.3 is 14.7 Å². The molecule has 0 saturated carbocycles. The van der Waals surface area contributed by atoms with Crippen molar-refractivity contribution in [2.45, 2.75) is 46.6 Å². The van der Waals surface area contributed by atoms with Gasteiger partial charge in [0, 0.05) is 37.5 Å². The fourth-order valence-electron chi connectivity index (χ4n) is 2.42. The van der Waals surface area contributed by atoms with Gasteiger partial charge in [-0.25, -0.2) is 0 Å². The van der Waals surface area contributed by atoms with E-state index >= 15 is 0 Å². The van der Waals surface area contributed by atoms with Gasteiger partial charge in [-0.15, -0.1) is 24.0 Å². The Labute approximate surface area is 143 Å². The molecule has 0 amide bonds. The van der Waals surface area contributed by atoms with Crippen LogP contribution < -0.4 is 5.32 Å². The van der Waals surface area contributed by atoms with Gasteiger partial charge in [-0.2, -0.15) is 4.98 Å². The van der Waals surface area contributed by atoms with Crippen molar-refractivity contribution in [1.29, 1.82) is 0 Å². The van der Waals surface area contributed by atoms with E-state index in [9.17, 15) is 0 Å².